The summed E-state index contributed by atoms with van der Waals surface area (Å²) in [7, 11) is 0. The topological polar surface area (TPSA) is 46.5 Å². The number of nitrogens with one attached hydrogen (secondary N) is 1. The molecule has 152 valence electrons. The molecule has 2 aromatic rings. The molecular formula is C23H27N3O2S. The molecule has 5 nitrogen and oxygen atoms in total. The summed E-state index contributed by atoms with van der Waals surface area (Å²) < 4.78 is 7.91. The molecule has 2 aliphatic rings. The molecule has 2 fully saturated rings. The van der Waals surface area contributed by atoms with Crippen LogP contribution in [0.15, 0.2) is 36.0 Å². The minimum atomic E-state index is -0.134. The van der Waals surface area contributed by atoms with Gasteiger partial charge in [-0.3, -0.25) is 9.69 Å². The molecule has 1 amide bonds. The van der Waals surface area contributed by atoms with Gasteiger partial charge in [-0.2, -0.15) is 0 Å². The van der Waals surface area contributed by atoms with Crippen LogP contribution in [0.2, 0.25) is 0 Å². The summed E-state index contributed by atoms with van der Waals surface area (Å²) in [4.78, 5) is 14.6. The second-order valence-electron chi connectivity index (χ2n) is 7.69. The number of hydrogen-bond donors (Lipinski definition) is 1. The highest BCUT2D eigenvalue weighted by Crippen LogP contribution is 2.34. The van der Waals surface area contributed by atoms with Crippen LogP contribution in [0.4, 0.5) is 5.69 Å². The molecule has 1 saturated carbocycles. The highest BCUT2D eigenvalue weighted by atomic mass is 32.1. The number of benzene rings is 1. The molecule has 1 saturated heterocycles. The van der Waals surface area contributed by atoms with E-state index in [2.05, 4.69) is 29.8 Å². The molecule has 1 N–H and O–H groups in total. The first-order valence-electron chi connectivity index (χ1n) is 10.3. The van der Waals surface area contributed by atoms with E-state index in [-0.39, 0.29) is 5.91 Å². The average molecular weight is 410 g/mol. The Hall–Kier alpha value is -2.60. The van der Waals surface area contributed by atoms with Gasteiger partial charge in [-0.05, 0) is 87.8 Å². The van der Waals surface area contributed by atoms with Gasteiger partial charge in [0.05, 0.1) is 12.3 Å². The number of ether oxygens (including phenoxy) is 1. The monoisotopic (exact) mass is 409 g/mol. The average Bonchev–Trinajstić information content (AvgIpc) is 3.37. The molecule has 1 aliphatic carbocycles. The fraction of sp³-hybridized carbons (Fsp3) is 0.391. The predicted molar refractivity (Wildman–Crippen MR) is 120 cm³/mol. The van der Waals surface area contributed by atoms with E-state index in [0.29, 0.717) is 23.5 Å². The zero-order chi connectivity index (χ0) is 20.5. The van der Waals surface area contributed by atoms with Crippen LogP contribution in [0.3, 0.4) is 0 Å². The summed E-state index contributed by atoms with van der Waals surface area (Å²) in [5.41, 5.74) is 4.77. The van der Waals surface area contributed by atoms with E-state index in [1.807, 2.05) is 37.3 Å². The zero-order valence-corrected chi connectivity index (χ0v) is 18.0. The van der Waals surface area contributed by atoms with Gasteiger partial charge in [0.15, 0.2) is 5.11 Å². The number of thiocarbonyl (C=S) groups is 1. The molecule has 0 bridgehead atoms. The first-order chi connectivity index (χ1) is 14.0. The van der Waals surface area contributed by atoms with Crippen LogP contribution in [0.1, 0.15) is 55.6 Å². The van der Waals surface area contributed by atoms with Gasteiger partial charge < -0.3 is 14.6 Å². The molecule has 1 aromatic heterocycles. The van der Waals surface area contributed by atoms with Crippen molar-refractivity contribution in [3.05, 3.63) is 53.0 Å². The lowest BCUT2D eigenvalue weighted by molar-refractivity contribution is -0.113. The maximum atomic E-state index is 13.1. The molecule has 29 heavy (non-hydrogen) atoms. The number of hydrogen-bond acceptors (Lipinski definition) is 3. The van der Waals surface area contributed by atoms with E-state index in [4.69, 9.17) is 17.0 Å². The smallest absolute Gasteiger partial charge is 0.281 e. The number of nitrogens with zero attached hydrogens (tertiary/aromatic N) is 2. The summed E-state index contributed by atoms with van der Waals surface area (Å²) in [6.45, 7) is 6.83. The number of amides is 1. The molecule has 0 unspecified atom stereocenters. The summed E-state index contributed by atoms with van der Waals surface area (Å²) >= 11 is 5.44. The van der Waals surface area contributed by atoms with Crippen LogP contribution < -0.4 is 15.0 Å². The maximum Gasteiger partial charge on any atom is 0.281 e. The van der Waals surface area contributed by atoms with E-state index < -0.39 is 0 Å². The van der Waals surface area contributed by atoms with E-state index in [1.54, 1.807) is 0 Å². The minimum Gasteiger partial charge on any atom is -0.494 e. The van der Waals surface area contributed by atoms with Crippen LogP contribution in [-0.4, -0.2) is 22.2 Å². The zero-order valence-electron chi connectivity index (χ0n) is 17.2. The predicted octanol–water partition coefficient (Wildman–Crippen LogP) is 4.88. The molecule has 1 aliphatic heterocycles. The standard InChI is InChI=1S/C23H27N3O2S/c1-4-28-20-11-9-19(10-12-20)26-22(27)21(24-23(26)29)14-17-13-15(2)25(16(17)3)18-7-5-6-8-18/h9-14,18H,4-8H2,1-3H3,(H,24,29)/b21-14+. The summed E-state index contributed by atoms with van der Waals surface area (Å²) in [5.74, 6) is 0.640. The molecule has 0 atom stereocenters. The molecule has 6 heteroatoms. The SMILES string of the molecule is CCOc1ccc(N2C(=O)/C(=C\c3cc(C)n(C4CCCC4)c3C)NC2=S)cc1. The summed E-state index contributed by atoms with van der Waals surface area (Å²) in [6, 6.07) is 10.2. The fourth-order valence-electron chi connectivity index (χ4n) is 4.46. The third-order valence-corrected chi connectivity index (χ3v) is 6.08. The molecule has 1 aromatic carbocycles. The van der Waals surface area contributed by atoms with Gasteiger partial charge >= 0.3 is 0 Å². The Morgan fingerprint density at radius 3 is 2.55 bits per heavy atom. The Labute approximate surface area is 177 Å². The Kier molecular flexibility index (Phi) is 5.46. The van der Waals surface area contributed by atoms with Crippen LogP contribution in [0.5, 0.6) is 5.75 Å². The third-order valence-electron chi connectivity index (χ3n) is 5.80. The fourth-order valence-corrected chi connectivity index (χ4v) is 4.75. The highest BCUT2D eigenvalue weighted by Gasteiger charge is 2.32. The van der Waals surface area contributed by atoms with Gasteiger partial charge in [-0.1, -0.05) is 12.8 Å². The second kappa shape index (κ2) is 8.03. The van der Waals surface area contributed by atoms with Gasteiger partial charge in [0.25, 0.3) is 5.91 Å². The highest BCUT2D eigenvalue weighted by molar-refractivity contribution is 7.80. The van der Waals surface area contributed by atoms with Gasteiger partial charge in [0.2, 0.25) is 0 Å². The van der Waals surface area contributed by atoms with Gasteiger partial charge in [0, 0.05) is 17.4 Å². The number of carbonyl (C=O) groups is 1. The number of carbonyl (C=O) groups excluding carboxylic acids is 1. The van der Waals surface area contributed by atoms with Gasteiger partial charge in [-0.25, -0.2) is 0 Å². The van der Waals surface area contributed by atoms with Crippen molar-refractivity contribution in [2.24, 2.45) is 0 Å². The molecule has 0 spiro atoms. The van der Waals surface area contributed by atoms with E-state index in [1.165, 1.54) is 42.0 Å². The van der Waals surface area contributed by atoms with Crippen molar-refractivity contribution in [1.82, 2.24) is 9.88 Å². The molecule has 4 rings (SSSR count). The van der Waals surface area contributed by atoms with Crippen molar-refractivity contribution in [3.63, 3.8) is 0 Å². The normalized spacial score (nSPS) is 18.7. The molecule has 2 heterocycles. The quantitative estimate of drug-likeness (QED) is 0.565. The molecular weight excluding hydrogens is 382 g/mol. The van der Waals surface area contributed by atoms with Crippen molar-refractivity contribution in [3.8, 4) is 5.75 Å². The number of anilines is 1. The Balaban J connectivity index is 1.60. The lowest BCUT2D eigenvalue weighted by atomic mass is 10.2. The number of rotatable bonds is 5. The van der Waals surface area contributed by atoms with Gasteiger partial charge in [0.1, 0.15) is 11.4 Å². The third kappa shape index (κ3) is 3.69. The lowest BCUT2D eigenvalue weighted by Gasteiger charge is -2.17. The van der Waals surface area contributed by atoms with Crippen LogP contribution >= 0.6 is 12.2 Å². The van der Waals surface area contributed by atoms with Crippen LogP contribution in [-0.2, 0) is 4.79 Å². The first kappa shape index (κ1) is 19.7. The Bertz CT molecular complexity index is 969. The van der Waals surface area contributed by atoms with E-state index in [9.17, 15) is 4.79 Å². The Morgan fingerprint density at radius 2 is 1.90 bits per heavy atom. The summed E-state index contributed by atoms with van der Waals surface area (Å²) in [6.07, 6.45) is 6.99. The van der Waals surface area contributed by atoms with Crippen molar-refractivity contribution in [2.75, 3.05) is 11.5 Å². The van der Waals surface area contributed by atoms with Crippen molar-refractivity contribution >= 4 is 35.0 Å². The maximum absolute atomic E-state index is 13.1. The van der Waals surface area contributed by atoms with Gasteiger partial charge in [-0.15, -0.1) is 0 Å². The number of aromatic nitrogens is 1. The van der Waals surface area contributed by atoms with Crippen molar-refractivity contribution < 1.29 is 9.53 Å². The Morgan fingerprint density at radius 1 is 1.21 bits per heavy atom. The first-order valence-corrected chi connectivity index (χ1v) is 10.7. The van der Waals surface area contributed by atoms with Crippen molar-refractivity contribution in [1.29, 1.82) is 0 Å². The largest absolute Gasteiger partial charge is 0.494 e. The van der Waals surface area contributed by atoms with E-state index >= 15 is 0 Å². The van der Waals surface area contributed by atoms with E-state index in [0.717, 1.165) is 17.0 Å². The van der Waals surface area contributed by atoms with Crippen LogP contribution in [0, 0.1) is 13.8 Å². The molecule has 0 radical (unpaired) electrons. The van der Waals surface area contributed by atoms with Crippen molar-refractivity contribution in [2.45, 2.75) is 52.5 Å². The second-order valence-corrected chi connectivity index (χ2v) is 8.08. The van der Waals surface area contributed by atoms with Crippen LogP contribution in [0.25, 0.3) is 6.08 Å². The lowest BCUT2D eigenvalue weighted by Crippen LogP contribution is -2.30. The summed E-state index contributed by atoms with van der Waals surface area (Å²) in [5, 5.41) is 3.49. The minimum absolute atomic E-state index is 0.134. The number of aryl methyl sites for hydroxylation is 1.